The predicted molar refractivity (Wildman–Crippen MR) is 133 cm³/mol. The van der Waals surface area contributed by atoms with Gasteiger partial charge < -0.3 is 10.6 Å². The third-order valence-electron chi connectivity index (χ3n) is 5.75. The number of carbonyl (C=O) groups is 1. The van der Waals surface area contributed by atoms with Crippen molar-refractivity contribution in [2.75, 3.05) is 13.6 Å². The number of nitrogens with one attached hydrogen (secondary N) is 3. The third-order valence-corrected chi connectivity index (χ3v) is 5.75. The fourth-order valence-corrected chi connectivity index (χ4v) is 4.15. The highest BCUT2D eigenvalue weighted by atomic mass is 16.2. The molecule has 0 bridgehead atoms. The summed E-state index contributed by atoms with van der Waals surface area (Å²) >= 11 is 0. The van der Waals surface area contributed by atoms with Crippen LogP contribution in [0.2, 0.25) is 0 Å². The Hall–Kier alpha value is -4.30. The van der Waals surface area contributed by atoms with E-state index in [-0.39, 0.29) is 17.8 Å². The molecule has 34 heavy (non-hydrogen) atoms. The summed E-state index contributed by atoms with van der Waals surface area (Å²) in [4.78, 5) is 26.3. The van der Waals surface area contributed by atoms with Gasteiger partial charge in [0, 0.05) is 29.9 Å². The van der Waals surface area contributed by atoms with Crippen LogP contribution in [0, 0.1) is 0 Å². The van der Waals surface area contributed by atoms with E-state index in [4.69, 9.17) is 0 Å². The molecule has 0 unspecified atom stereocenters. The number of nitrogens with zero attached hydrogens (tertiary/aromatic N) is 4. The fraction of sp³-hybridized carbons (Fsp3) is 0.154. The highest BCUT2D eigenvalue weighted by Gasteiger charge is 2.20. The van der Waals surface area contributed by atoms with Crippen LogP contribution in [-0.4, -0.2) is 44.2 Å². The highest BCUT2D eigenvalue weighted by Crippen LogP contribution is 2.31. The van der Waals surface area contributed by atoms with Crippen LogP contribution in [0.1, 0.15) is 22.2 Å². The number of pyridine rings is 1. The van der Waals surface area contributed by atoms with Crippen molar-refractivity contribution < 1.29 is 4.79 Å². The maximum atomic E-state index is 13.1. The largest absolute Gasteiger partial charge is 0.341 e. The number of benzene rings is 2. The zero-order valence-electron chi connectivity index (χ0n) is 18.8. The van der Waals surface area contributed by atoms with Crippen LogP contribution in [0.3, 0.4) is 0 Å². The van der Waals surface area contributed by atoms with Crippen LogP contribution < -0.4 is 10.6 Å². The second-order valence-corrected chi connectivity index (χ2v) is 8.02. The van der Waals surface area contributed by atoms with Crippen molar-refractivity contribution in [1.82, 2.24) is 35.4 Å². The van der Waals surface area contributed by atoms with E-state index in [2.05, 4.69) is 37.3 Å². The fourth-order valence-electron chi connectivity index (χ4n) is 4.15. The molecule has 0 aliphatic heterocycles. The van der Waals surface area contributed by atoms with Crippen LogP contribution in [0.15, 0.2) is 79.6 Å². The number of aromatic amines is 1. The first kappa shape index (κ1) is 21.5. The Morgan fingerprint density at radius 3 is 2.56 bits per heavy atom. The number of likely N-dealkylation sites (N-methyl/N-ethyl adjacent to an activating group) is 1. The maximum absolute atomic E-state index is 13.1. The Balaban J connectivity index is 1.53. The smallest absolute Gasteiger partial charge is 0.289 e. The number of hydrogen-bond donors (Lipinski definition) is 3. The van der Waals surface area contributed by atoms with Gasteiger partial charge in [-0.05, 0) is 36.9 Å². The Labute approximate surface area is 196 Å². The predicted octanol–water partition coefficient (Wildman–Crippen LogP) is 3.85. The van der Waals surface area contributed by atoms with E-state index in [1.807, 2.05) is 72.4 Å². The summed E-state index contributed by atoms with van der Waals surface area (Å²) in [6, 6.07) is 17.5. The molecular weight excluding hydrogens is 426 g/mol. The van der Waals surface area contributed by atoms with Crippen molar-refractivity contribution in [3.63, 3.8) is 0 Å². The lowest BCUT2D eigenvalue weighted by Crippen LogP contribution is -2.35. The van der Waals surface area contributed by atoms with Crippen LogP contribution in [0.25, 0.3) is 33.2 Å². The Kier molecular flexibility index (Phi) is 5.88. The van der Waals surface area contributed by atoms with Crippen LogP contribution in [0.4, 0.5) is 0 Å². The molecule has 0 radical (unpaired) electrons. The van der Waals surface area contributed by atoms with E-state index in [9.17, 15) is 4.79 Å². The van der Waals surface area contributed by atoms with Crippen molar-refractivity contribution >= 4 is 27.8 Å². The first-order valence-corrected chi connectivity index (χ1v) is 11.1. The van der Waals surface area contributed by atoms with Gasteiger partial charge in [0.25, 0.3) is 5.91 Å². The van der Waals surface area contributed by atoms with E-state index >= 15 is 0 Å². The second kappa shape index (κ2) is 9.29. The molecule has 8 nitrogen and oxygen atoms in total. The standard InChI is InChI=1S/C26H25N7O/c1-3-13-33-23-15-21-20(14-19(23)24(32-33)18-9-11-28-12-10-18)29-25(30-21)26(34)31-22(16-27-2)17-7-5-4-6-8-17/h3-12,14-15,22,27,32H,1,13,16H2,2H3,(H,31,34)/t22-/m1/s1. The maximum Gasteiger partial charge on any atom is 0.289 e. The van der Waals surface area contributed by atoms with Crippen molar-refractivity contribution in [3.8, 4) is 11.3 Å². The van der Waals surface area contributed by atoms with E-state index in [1.54, 1.807) is 12.4 Å². The molecule has 8 heteroatoms. The summed E-state index contributed by atoms with van der Waals surface area (Å²) in [6.45, 7) is 5.07. The second-order valence-electron chi connectivity index (χ2n) is 8.02. The highest BCUT2D eigenvalue weighted by molar-refractivity contribution is 6.02. The van der Waals surface area contributed by atoms with Crippen molar-refractivity contribution in [1.29, 1.82) is 0 Å². The lowest BCUT2D eigenvalue weighted by atomic mass is 10.1. The first-order chi connectivity index (χ1) is 16.7. The molecule has 1 amide bonds. The molecule has 0 fully saturated rings. The molecule has 0 aliphatic rings. The molecule has 0 spiro atoms. The molecule has 2 aromatic carbocycles. The van der Waals surface area contributed by atoms with Crippen molar-refractivity contribution in [2.45, 2.75) is 12.6 Å². The summed E-state index contributed by atoms with van der Waals surface area (Å²) in [6.07, 6.45) is 5.35. The zero-order valence-corrected chi connectivity index (χ0v) is 18.8. The first-order valence-electron chi connectivity index (χ1n) is 11.1. The van der Waals surface area contributed by atoms with Gasteiger partial charge in [-0.15, -0.1) is 6.58 Å². The number of rotatable bonds is 8. The number of carbonyl (C=O) groups excluding carboxylic acids is 1. The molecule has 5 aromatic rings. The van der Waals surface area contributed by atoms with Gasteiger partial charge in [-0.3, -0.25) is 19.6 Å². The topological polar surface area (TPSA) is 101 Å². The molecule has 3 N–H and O–H groups in total. The van der Waals surface area contributed by atoms with E-state index in [1.165, 1.54) is 0 Å². The molecule has 0 saturated carbocycles. The normalized spacial score (nSPS) is 12.1. The third kappa shape index (κ3) is 4.06. The van der Waals surface area contributed by atoms with Gasteiger partial charge in [0.1, 0.15) is 0 Å². The van der Waals surface area contributed by atoms with Crippen molar-refractivity contribution in [2.24, 2.45) is 0 Å². The minimum absolute atomic E-state index is 0.157. The summed E-state index contributed by atoms with van der Waals surface area (Å²) in [5, 5.41) is 10.6. The van der Waals surface area contributed by atoms with Gasteiger partial charge in [-0.25, -0.2) is 9.97 Å². The number of H-pyrrole nitrogens is 1. The van der Waals surface area contributed by atoms with Gasteiger partial charge in [0.15, 0.2) is 0 Å². The molecular formula is C26H25N7O. The summed E-state index contributed by atoms with van der Waals surface area (Å²) in [5.41, 5.74) is 5.28. The zero-order chi connectivity index (χ0) is 23.5. The van der Waals surface area contributed by atoms with Gasteiger partial charge in [-0.1, -0.05) is 36.4 Å². The summed E-state index contributed by atoms with van der Waals surface area (Å²) in [7, 11) is 1.86. The number of hydrogen-bond acceptors (Lipinski definition) is 5. The molecule has 0 aliphatic carbocycles. The summed E-state index contributed by atoms with van der Waals surface area (Å²) in [5.74, 6) is -0.149. The number of fused-ring (bicyclic) bond motifs is 2. The minimum atomic E-state index is -0.306. The van der Waals surface area contributed by atoms with Gasteiger partial charge in [-0.2, -0.15) is 0 Å². The van der Waals surface area contributed by atoms with Crippen LogP contribution >= 0.6 is 0 Å². The number of allylic oxidation sites excluding steroid dienone is 1. The van der Waals surface area contributed by atoms with Gasteiger partial charge in [0.05, 0.1) is 34.8 Å². The Bertz CT molecular complexity index is 1450. The summed E-state index contributed by atoms with van der Waals surface area (Å²) < 4.78 is 2.00. The minimum Gasteiger partial charge on any atom is -0.341 e. The van der Waals surface area contributed by atoms with Crippen molar-refractivity contribution in [3.05, 3.63) is 91.0 Å². The Morgan fingerprint density at radius 2 is 1.85 bits per heavy atom. The SMILES string of the molecule is C=CCn1[nH]c(-c2ccncc2)c2cc3nc(C(=O)N[C@H](CNC)c4ccccc4)nc3cc21. The van der Waals surface area contributed by atoms with Gasteiger partial charge in [0.2, 0.25) is 5.82 Å². The van der Waals surface area contributed by atoms with E-state index in [0.717, 1.165) is 27.7 Å². The van der Waals surface area contributed by atoms with Crippen LogP contribution in [-0.2, 0) is 6.54 Å². The molecule has 170 valence electrons. The number of imidazole rings is 1. The molecule has 3 aromatic heterocycles. The lowest BCUT2D eigenvalue weighted by Gasteiger charge is -2.18. The average molecular weight is 452 g/mol. The lowest BCUT2D eigenvalue weighted by molar-refractivity contribution is 0.0927. The van der Waals surface area contributed by atoms with E-state index < -0.39 is 0 Å². The van der Waals surface area contributed by atoms with Crippen LogP contribution in [0.5, 0.6) is 0 Å². The molecule has 3 heterocycles. The number of aromatic nitrogens is 5. The molecule has 1 atom stereocenters. The number of amides is 1. The quantitative estimate of drug-likeness (QED) is 0.311. The molecule has 0 saturated heterocycles. The molecule has 5 rings (SSSR count). The van der Waals surface area contributed by atoms with Gasteiger partial charge >= 0.3 is 0 Å². The monoisotopic (exact) mass is 451 g/mol. The van der Waals surface area contributed by atoms with E-state index in [0.29, 0.717) is 24.1 Å². The Morgan fingerprint density at radius 1 is 1.12 bits per heavy atom. The average Bonchev–Trinajstić information content (AvgIpc) is 3.45.